The molecule has 1 fully saturated rings. The standard InChI is InChI=1S/C31H44FNO11/c1-2-6-28(40)43-22-15-13-20(14-16-22)17-31(33,19-32)30(41)44-29-24(9-5-12-27(38)39)23(8-4-11-26(36)37)21(18-42-29)7-3-10-25(34)35/h13-16,21,23-24,29H,2-12,17-19,33H2,1H3,(H,34,35)(H,36,37)(H,38,39)/t21-,23-,24+,29-,31?/m0/s1. The maximum atomic E-state index is 14.3. The fraction of sp³-hybridized carbons (Fsp3) is 0.645. The first-order valence-corrected chi connectivity index (χ1v) is 15.0. The smallest absolute Gasteiger partial charge is 0.331 e. The third kappa shape index (κ3) is 12.2. The Bertz CT molecular complexity index is 1110. The van der Waals surface area contributed by atoms with Gasteiger partial charge < -0.3 is 35.3 Å². The summed E-state index contributed by atoms with van der Waals surface area (Å²) in [5.41, 5.74) is 4.63. The predicted octanol–water partition coefficient (Wildman–Crippen LogP) is 4.11. The van der Waals surface area contributed by atoms with E-state index in [0.717, 1.165) is 0 Å². The van der Waals surface area contributed by atoms with Crippen LogP contribution in [0, 0.1) is 17.8 Å². The third-order valence-corrected chi connectivity index (χ3v) is 7.80. The molecule has 13 heteroatoms. The second-order valence-corrected chi connectivity index (χ2v) is 11.4. The quantitative estimate of drug-likeness (QED) is 0.120. The zero-order chi connectivity index (χ0) is 32.7. The van der Waals surface area contributed by atoms with Crippen molar-refractivity contribution in [2.75, 3.05) is 13.3 Å². The van der Waals surface area contributed by atoms with Gasteiger partial charge in [-0.15, -0.1) is 0 Å². The minimum atomic E-state index is -2.08. The predicted molar refractivity (Wildman–Crippen MR) is 154 cm³/mol. The number of carboxylic acids is 3. The highest BCUT2D eigenvalue weighted by Crippen LogP contribution is 2.41. The van der Waals surface area contributed by atoms with Crippen LogP contribution in [-0.4, -0.2) is 70.3 Å². The van der Waals surface area contributed by atoms with Crippen LogP contribution in [0.15, 0.2) is 24.3 Å². The van der Waals surface area contributed by atoms with E-state index in [-0.39, 0.29) is 63.4 Å². The number of hydrogen-bond acceptors (Lipinski definition) is 9. The van der Waals surface area contributed by atoms with Gasteiger partial charge in [-0.2, -0.15) is 0 Å². The number of carbonyl (C=O) groups excluding carboxylic acids is 2. The molecular weight excluding hydrogens is 581 g/mol. The maximum Gasteiger partial charge on any atom is 0.331 e. The van der Waals surface area contributed by atoms with Crippen molar-refractivity contribution in [3.8, 4) is 5.75 Å². The number of hydrogen-bond donors (Lipinski definition) is 4. The van der Waals surface area contributed by atoms with Gasteiger partial charge in [0.1, 0.15) is 18.0 Å². The third-order valence-electron chi connectivity index (χ3n) is 7.80. The van der Waals surface area contributed by atoms with Crippen LogP contribution in [0.3, 0.4) is 0 Å². The fourth-order valence-corrected chi connectivity index (χ4v) is 5.55. The first-order chi connectivity index (χ1) is 20.9. The van der Waals surface area contributed by atoms with Gasteiger partial charge in [0, 0.05) is 38.0 Å². The molecule has 1 unspecified atom stereocenters. The van der Waals surface area contributed by atoms with E-state index < -0.39 is 54.3 Å². The lowest BCUT2D eigenvalue weighted by molar-refractivity contribution is -0.230. The number of nitrogens with two attached hydrogens (primary N) is 1. The maximum absolute atomic E-state index is 14.3. The fourth-order valence-electron chi connectivity index (χ4n) is 5.55. The molecule has 0 radical (unpaired) electrons. The Morgan fingerprint density at radius 3 is 1.95 bits per heavy atom. The van der Waals surface area contributed by atoms with Gasteiger partial charge in [-0.1, -0.05) is 19.1 Å². The largest absolute Gasteiger partial charge is 0.481 e. The molecule has 1 aliphatic heterocycles. The lowest BCUT2D eigenvalue weighted by Crippen LogP contribution is -2.55. The van der Waals surface area contributed by atoms with Gasteiger partial charge in [0.25, 0.3) is 0 Å². The molecule has 246 valence electrons. The zero-order valence-electron chi connectivity index (χ0n) is 25.1. The average molecular weight is 626 g/mol. The van der Waals surface area contributed by atoms with Gasteiger partial charge in [-0.05, 0) is 74.5 Å². The van der Waals surface area contributed by atoms with Gasteiger partial charge in [-0.3, -0.25) is 19.2 Å². The van der Waals surface area contributed by atoms with E-state index in [9.17, 15) is 33.5 Å². The summed E-state index contributed by atoms with van der Waals surface area (Å²) in [6.45, 7) is 0.684. The molecule has 1 aliphatic rings. The molecule has 0 aliphatic carbocycles. The van der Waals surface area contributed by atoms with E-state index in [1.165, 1.54) is 12.1 Å². The summed E-state index contributed by atoms with van der Waals surface area (Å²) in [7, 11) is 0. The number of halogens is 1. The number of rotatable bonds is 20. The Morgan fingerprint density at radius 2 is 1.43 bits per heavy atom. The highest BCUT2D eigenvalue weighted by Gasteiger charge is 2.45. The van der Waals surface area contributed by atoms with Crippen molar-refractivity contribution >= 4 is 29.8 Å². The van der Waals surface area contributed by atoms with Crippen molar-refractivity contribution in [2.24, 2.45) is 23.5 Å². The molecule has 1 saturated heterocycles. The highest BCUT2D eigenvalue weighted by molar-refractivity contribution is 5.81. The molecule has 0 aromatic heterocycles. The molecule has 5 N–H and O–H groups in total. The van der Waals surface area contributed by atoms with Gasteiger partial charge in [0.05, 0.1) is 6.61 Å². The lowest BCUT2D eigenvalue weighted by Gasteiger charge is -2.43. The van der Waals surface area contributed by atoms with E-state index >= 15 is 0 Å². The number of esters is 2. The van der Waals surface area contributed by atoms with Crippen LogP contribution in [-0.2, 0) is 39.9 Å². The summed E-state index contributed by atoms with van der Waals surface area (Å²) in [5.74, 6) is -5.08. The molecule has 44 heavy (non-hydrogen) atoms. The molecule has 1 aromatic carbocycles. The Kier molecular flexibility index (Phi) is 15.2. The molecule has 0 amide bonds. The molecule has 5 atom stereocenters. The van der Waals surface area contributed by atoms with Gasteiger partial charge >= 0.3 is 29.8 Å². The van der Waals surface area contributed by atoms with Crippen LogP contribution >= 0.6 is 0 Å². The van der Waals surface area contributed by atoms with Crippen molar-refractivity contribution in [3.63, 3.8) is 0 Å². The van der Waals surface area contributed by atoms with E-state index in [1.54, 1.807) is 12.1 Å². The van der Waals surface area contributed by atoms with Gasteiger partial charge in [-0.25, -0.2) is 9.18 Å². The Morgan fingerprint density at radius 1 is 0.886 bits per heavy atom. The van der Waals surface area contributed by atoms with Crippen molar-refractivity contribution in [3.05, 3.63) is 29.8 Å². The average Bonchev–Trinajstić information content (AvgIpc) is 2.95. The molecule has 0 saturated carbocycles. The second-order valence-electron chi connectivity index (χ2n) is 11.4. The number of ether oxygens (including phenoxy) is 3. The molecule has 1 heterocycles. The molecular formula is C31H44FNO11. The number of alkyl halides is 1. The molecule has 12 nitrogen and oxygen atoms in total. The molecule has 1 aromatic rings. The number of aliphatic carboxylic acids is 3. The highest BCUT2D eigenvalue weighted by atomic mass is 19.1. The number of carboxylic acid groups (broad SMARTS) is 3. The van der Waals surface area contributed by atoms with Gasteiger partial charge in [0.15, 0.2) is 0 Å². The first kappa shape index (κ1) is 36.6. The second kappa shape index (κ2) is 18.3. The molecule has 0 spiro atoms. The van der Waals surface area contributed by atoms with E-state index in [2.05, 4.69) is 0 Å². The number of benzene rings is 1. The van der Waals surface area contributed by atoms with E-state index in [0.29, 0.717) is 43.4 Å². The normalized spacial score (nSPS) is 21.2. The monoisotopic (exact) mass is 625 g/mol. The summed E-state index contributed by atoms with van der Waals surface area (Å²) in [5, 5.41) is 27.4. The van der Waals surface area contributed by atoms with Crippen LogP contribution in [0.25, 0.3) is 0 Å². The SMILES string of the molecule is CCCC(=O)Oc1ccc(CC(N)(CF)C(=O)O[C@@H]2OC[C@H](CCCC(=O)O)[C@H](CCCC(=O)O)[C@H]2CCCC(=O)O)cc1. The van der Waals surface area contributed by atoms with Crippen LogP contribution in [0.1, 0.15) is 83.1 Å². The van der Waals surface area contributed by atoms with Crippen molar-refractivity contribution in [1.29, 1.82) is 0 Å². The minimum absolute atomic E-state index is 0.0607. The topological polar surface area (TPSA) is 200 Å². The summed E-state index contributed by atoms with van der Waals surface area (Å²) < 4.78 is 31.2. The summed E-state index contributed by atoms with van der Waals surface area (Å²) in [6, 6.07) is 6.15. The minimum Gasteiger partial charge on any atom is -0.481 e. The Hall–Kier alpha value is -3.58. The summed E-state index contributed by atoms with van der Waals surface area (Å²) >= 11 is 0. The van der Waals surface area contributed by atoms with Crippen molar-refractivity contribution in [1.82, 2.24) is 0 Å². The van der Waals surface area contributed by atoms with E-state index in [1.807, 2.05) is 6.92 Å². The van der Waals surface area contributed by atoms with E-state index in [4.69, 9.17) is 30.2 Å². The van der Waals surface area contributed by atoms with Crippen LogP contribution in [0.4, 0.5) is 4.39 Å². The van der Waals surface area contributed by atoms with Crippen LogP contribution in [0.2, 0.25) is 0 Å². The van der Waals surface area contributed by atoms with Gasteiger partial charge in [0.2, 0.25) is 6.29 Å². The summed E-state index contributed by atoms with van der Waals surface area (Å²) in [6.07, 6.45) is 1.18. The van der Waals surface area contributed by atoms with Crippen molar-refractivity contribution in [2.45, 2.75) is 95.8 Å². The first-order valence-electron chi connectivity index (χ1n) is 15.0. The van der Waals surface area contributed by atoms with Crippen molar-refractivity contribution < 1.29 is 57.9 Å². The Labute approximate surface area is 256 Å². The van der Waals surface area contributed by atoms with Crippen LogP contribution in [0.5, 0.6) is 5.75 Å². The Balaban J connectivity index is 2.22. The summed E-state index contributed by atoms with van der Waals surface area (Å²) in [4.78, 5) is 58.6. The van der Waals surface area contributed by atoms with Crippen LogP contribution < -0.4 is 10.5 Å². The molecule has 2 rings (SSSR count). The zero-order valence-corrected chi connectivity index (χ0v) is 25.1. The molecule has 0 bridgehead atoms. The number of carbonyl (C=O) groups is 5. The lowest BCUT2D eigenvalue weighted by atomic mass is 9.72.